The van der Waals surface area contributed by atoms with Gasteiger partial charge in [-0.3, -0.25) is 4.79 Å². The number of hydrogen-bond donors (Lipinski definition) is 3. The van der Waals surface area contributed by atoms with Gasteiger partial charge in [0.05, 0.1) is 6.54 Å². The fraction of sp³-hybridized carbons (Fsp3) is 0.778. The summed E-state index contributed by atoms with van der Waals surface area (Å²) in [5, 5.41) is 12.0. The molecule has 0 aromatic heterocycles. The molecule has 5 nitrogen and oxygen atoms in total. The number of hydrogen-bond acceptors (Lipinski definition) is 2. The molecular formula is C9H14F4N2O3. The van der Waals surface area contributed by atoms with E-state index in [4.69, 9.17) is 5.11 Å². The van der Waals surface area contributed by atoms with E-state index in [-0.39, 0.29) is 13.0 Å². The number of aliphatic carboxylic acids is 1. The number of amides is 2. The molecule has 106 valence electrons. The Balaban J connectivity index is 3.63. The maximum Gasteiger partial charge on any atom is 0.324 e. The second-order valence-electron chi connectivity index (χ2n) is 3.52. The molecule has 0 saturated heterocycles. The van der Waals surface area contributed by atoms with Crippen LogP contribution in [0.3, 0.4) is 0 Å². The lowest BCUT2D eigenvalue weighted by Gasteiger charge is -2.15. The topological polar surface area (TPSA) is 78.4 Å². The molecule has 0 aromatic carbocycles. The molecule has 0 aliphatic heterocycles. The van der Waals surface area contributed by atoms with Crippen molar-refractivity contribution < 1.29 is 32.3 Å². The fourth-order valence-electron chi connectivity index (χ4n) is 0.941. The standard InChI is InChI=1S/C9H14F4N2O3/c10-7(11)9(12,13)5-15-8(18)14-4-2-1-3-6(16)17/h7H,1-5H2,(H,16,17)(H2,14,15,18). The number of nitrogens with one attached hydrogen (secondary N) is 2. The van der Waals surface area contributed by atoms with Gasteiger partial charge >= 0.3 is 24.3 Å². The molecule has 0 spiro atoms. The Labute approximate surface area is 101 Å². The Hall–Kier alpha value is -1.54. The zero-order chi connectivity index (χ0) is 14.2. The van der Waals surface area contributed by atoms with Crippen LogP contribution in [-0.4, -0.2) is 42.5 Å². The van der Waals surface area contributed by atoms with Crippen molar-refractivity contribution in [1.29, 1.82) is 0 Å². The van der Waals surface area contributed by atoms with Crippen molar-refractivity contribution in [1.82, 2.24) is 10.6 Å². The number of carbonyl (C=O) groups is 2. The van der Waals surface area contributed by atoms with Gasteiger partial charge in [0.15, 0.2) is 0 Å². The van der Waals surface area contributed by atoms with Gasteiger partial charge in [-0.2, -0.15) is 8.78 Å². The number of urea groups is 1. The quantitative estimate of drug-likeness (QED) is 0.463. The van der Waals surface area contributed by atoms with Crippen molar-refractivity contribution in [3.63, 3.8) is 0 Å². The maximum absolute atomic E-state index is 12.4. The lowest BCUT2D eigenvalue weighted by Crippen LogP contribution is -2.45. The summed E-state index contributed by atoms with van der Waals surface area (Å²) >= 11 is 0. The highest BCUT2D eigenvalue weighted by molar-refractivity contribution is 5.73. The molecule has 0 fully saturated rings. The van der Waals surface area contributed by atoms with Gasteiger partial charge in [0.2, 0.25) is 0 Å². The van der Waals surface area contributed by atoms with Crippen molar-refractivity contribution in [2.75, 3.05) is 13.1 Å². The van der Waals surface area contributed by atoms with Crippen LogP contribution in [-0.2, 0) is 4.79 Å². The Morgan fingerprint density at radius 2 is 1.78 bits per heavy atom. The summed E-state index contributed by atoms with van der Waals surface area (Å²) in [5.74, 6) is -5.24. The first-order valence-corrected chi connectivity index (χ1v) is 5.15. The van der Waals surface area contributed by atoms with E-state index in [0.717, 1.165) is 0 Å². The van der Waals surface area contributed by atoms with Crippen molar-refractivity contribution >= 4 is 12.0 Å². The first kappa shape index (κ1) is 16.5. The molecule has 18 heavy (non-hydrogen) atoms. The van der Waals surface area contributed by atoms with E-state index >= 15 is 0 Å². The minimum Gasteiger partial charge on any atom is -0.481 e. The highest BCUT2D eigenvalue weighted by Gasteiger charge is 2.40. The largest absolute Gasteiger partial charge is 0.481 e. The van der Waals surface area contributed by atoms with E-state index in [2.05, 4.69) is 5.32 Å². The van der Waals surface area contributed by atoms with Crippen molar-refractivity contribution in [3.8, 4) is 0 Å². The van der Waals surface area contributed by atoms with E-state index in [1.165, 1.54) is 0 Å². The predicted octanol–water partition coefficient (Wildman–Crippen LogP) is 1.44. The summed E-state index contributed by atoms with van der Waals surface area (Å²) in [6, 6.07) is -0.995. The second kappa shape index (κ2) is 7.72. The molecule has 0 radical (unpaired) electrons. The zero-order valence-corrected chi connectivity index (χ0v) is 9.39. The smallest absolute Gasteiger partial charge is 0.324 e. The minimum absolute atomic E-state index is 0.0627. The number of unbranched alkanes of at least 4 members (excludes halogenated alkanes) is 1. The van der Waals surface area contributed by atoms with Crippen LogP contribution in [0.4, 0.5) is 22.4 Å². The molecule has 0 heterocycles. The molecular weight excluding hydrogens is 260 g/mol. The summed E-state index contributed by atoms with van der Waals surface area (Å²) in [7, 11) is 0. The third-order valence-corrected chi connectivity index (χ3v) is 1.91. The predicted molar refractivity (Wildman–Crippen MR) is 53.8 cm³/mol. The molecule has 2 amide bonds. The summed E-state index contributed by atoms with van der Waals surface area (Å²) in [6.45, 7) is -1.37. The van der Waals surface area contributed by atoms with Gasteiger partial charge in [-0.1, -0.05) is 0 Å². The fourth-order valence-corrected chi connectivity index (χ4v) is 0.941. The normalized spacial score (nSPS) is 11.4. The average Bonchev–Trinajstić information content (AvgIpc) is 2.25. The molecule has 0 atom stereocenters. The molecule has 0 unspecified atom stereocenters. The number of carboxylic acid groups (broad SMARTS) is 1. The van der Waals surface area contributed by atoms with Gasteiger partial charge in [-0.05, 0) is 12.8 Å². The van der Waals surface area contributed by atoms with Gasteiger partial charge < -0.3 is 15.7 Å². The lowest BCUT2D eigenvalue weighted by molar-refractivity contribution is -0.137. The van der Waals surface area contributed by atoms with Crippen LogP contribution in [0.2, 0.25) is 0 Å². The SMILES string of the molecule is O=C(O)CCCCNC(=O)NCC(F)(F)C(F)F. The van der Waals surface area contributed by atoms with E-state index in [0.29, 0.717) is 12.8 Å². The first-order valence-electron chi connectivity index (χ1n) is 5.15. The highest BCUT2D eigenvalue weighted by Crippen LogP contribution is 2.21. The van der Waals surface area contributed by atoms with Gasteiger partial charge in [0.1, 0.15) is 0 Å². The number of carboxylic acids is 1. The van der Waals surface area contributed by atoms with Crippen LogP contribution in [0.1, 0.15) is 19.3 Å². The summed E-state index contributed by atoms with van der Waals surface area (Å²) in [6.07, 6.45) is -3.23. The maximum atomic E-state index is 12.4. The Bertz CT molecular complexity index is 287. The number of alkyl halides is 4. The molecule has 0 bridgehead atoms. The monoisotopic (exact) mass is 274 g/mol. The minimum atomic E-state index is -4.26. The van der Waals surface area contributed by atoms with Crippen LogP contribution < -0.4 is 10.6 Å². The summed E-state index contributed by atoms with van der Waals surface area (Å²) in [4.78, 5) is 21.0. The third kappa shape index (κ3) is 7.69. The second-order valence-corrected chi connectivity index (χ2v) is 3.52. The molecule has 0 aliphatic rings. The number of carbonyl (C=O) groups excluding carboxylic acids is 1. The Kier molecular flexibility index (Phi) is 7.06. The molecule has 9 heteroatoms. The van der Waals surface area contributed by atoms with Crippen LogP contribution in [0.15, 0.2) is 0 Å². The molecule has 0 saturated carbocycles. The molecule has 3 N–H and O–H groups in total. The van der Waals surface area contributed by atoms with Gasteiger partial charge in [0.25, 0.3) is 0 Å². The van der Waals surface area contributed by atoms with E-state index in [9.17, 15) is 27.2 Å². The van der Waals surface area contributed by atoms with Crippen molar-refractivity contribution in [2.24, 2.45) is 0 Å². The van der Waals surface area contributed by atoms with Gasteiger partial charge in [-0.25, -0.2) is 13.6 Å². The van der Waals surface area contributed by atoms with Gasteiger partial charge in [0, 0.05) is 13.0 Å². The van der Waals surface area contributed by atoms with Crippen molar-refractivity contribution in [2.45, 2.75) is 31.6 Å². The first-order chi connectivity index (χ1) is 8.25. The molecule has 0 aromatic rings. The highest BCUT2D eigenvalue weighted by atomic mass is 19.3. The lowest BCUT2D eigenvalue weighted by atomic mass is 10.2. The van der Waals surface area contributed by atoms with E-state index < -0.39 is 30.9 Å². The summed E-state index contributed by atoms with van der Waals surface area (Å²) in [5.41, 5.74) is 0. The third-order valence-electron chi connectivity index (χ3n) is 1.91. The summed E-state index contributed by atoms with van der Waals surface area (Å²) < 4.78 is 48.2. The number of halogens is 4. The van der Waals surface area contributed by atoms with Crippen LogP contribution in [0, 0.1) is 0 Å². The Morgan fingerprint density at radius 1 is 1.17 bits per heavy atom. The average molecular weight is 274 g/mol. The van der Waals surface area contributed by atoms with E-state index in [1.54, 1.807) is 5.32 Å². The van der Waals surface area contributed by atoms with Crippen LogP contribution in [0.25, 0.3) is 0 Å². The van der Waals surface area contributed by atoms with E-state index in [1.807, 2.05) is 0 Å². The zero-order valence-electron chi connectivity index (χ0n) is 9.39. The molecule has 0 rings (SSSR count). The van der Waals surface area contributed by atoms with Gasteiger partial charge in [-0.15, -0.1) is 0 Å². The Morgan fingerprint density at radius 3 is 2.28 bits per heavy atom. The molecule has 0 aliphatic carbocycles. The van der Waals surface area contributed by atoms with Crippen LogP contribution >= 0.6 is 0 Å². The van der Waals surface area contributed by atoms with Crippen molar-refractivity contribution in [3.05, 3.63) is 0 Å². The number of rotatable bonds is 8. The van der Waals surface area contributed by atoms with Crippen LogP contribution in [0.5, 0.6) is 0 Å².